The van der Waals surface area contributed by atoms with Gasteiger partial charge in [-0.15, -0.1) is 0 Å². The van der Waals surface area contributed by atoms with Crippen molar-refractivity contribution in [3.8, 4) is 0 Å². The number of nitro benzene ring substituents is 1. The highest BCUT2D eigenvalue weighted by atomic mass is 35.7. The fourth-order valence-electron chi connectivity index (χ4n) is 0.940. The van der Waals surface area contributed by atoms with Crippen molar-refractivity contribution in [2.75, 3.05) is 0 Å². The lowest BCUT2D eigenvalue weighted by atomic mass is 10.2. The highest BCUT2D eigenvalue weighted by molar-refractivity contribution is 8.17. The molecule has 0 heterocycles. The topological polar surface area (TPSA) is 52.4 Å². The van der Waals surface area contributed by atoms with Crippen LogP contribution in [0.15, 0.2) is 12.1 Å². The minimum absolute atomic E-state index is 0.00745. The van der Waals surface area contributed by atoms with E-state index in [-0.39, 0.29) is 17.3 Å². The van der Waals surface area contributed by atoms with Crippen LogP contribution < -0.4 is 0 Å². The molecule has 0 spiro atoms. The van der Waals surface area contributed by atoms with Gasteiger partial charge < -0.3 is 0 Å². The van der Waals surface area contributed by atoms with Crippen molar-refractivity contribution in [2.24, 2.45) is 0 Å². The zero-order chi connectivity index (χ0) is 11.4. The average molecular weight is 289 g/mol. The van der Waals surface area contributed by atoms with Gasteiger partial charge in [-0.05, 0) is 16.7 Å². The third kappa shape index (κ3) is 3.12. The van der Waals surface area contributed by atoms with Crippen molar-refractivity contribution < 1.29 is 9.11 Å². The number of halogens is 3. The Labute approximate surface area is 104 Å². The molecule has 1 rings (SSSR count). The van der Waals surface area contributed by atoms with Gasteiger partial charge in [-0.25, -0.2) is 0 Å². The Kier molecular flexibility index (Phi) is 4.95. The first-order chi connectivity index (χ1) is 7.07. The molecule has 1 aromatic rings. The normalized spacial score (nSPS) is 10.3. The third-order valence-electron chi connectivity index (χ3n) is 1.61. The maximum Gasteiger partial charge on any atom is 0.288 e. The van der Waals surface area contributed by atoms with Gasteiger partial charge in [0.05, 0.1) is 11.5 Å². The Hall–Kier alpha value is -0.200. The third-order valence-corrected chi connectivity index (χ3v) is 2.86. The van der Waals surface area contributed by atoms with Crippen molar-refractivity contribution in [1.82, 2.24) is 0 Å². The van der Waals surface area contributed by atoms with Crippen molar-refractivity contribution >= 4 is 50.8 Å². The number of hydrogen-bond donors (Lipinski definition) is 0. The Morgan fingerprint density at radius 1 is 1.47 bits per heavy atom. The van der Waals surface area contributed by atoms with Gasteiger partial charge in [-0.2, -0.15) is 0 Å². The van der Waals surface area contributed by atoms with E-state index >= 15 is 0 Å². The van der Waals surface area contributed by atoms with Crippen LogP contribution in [0.3, 0.4) is 0 Å². The van der Waals surface area contributed by atoms with E-state index in [1.165, 1.54) is 12.1 Å². The molecule has 0 aliphatic carbocycles. The quantitative estimate of drug-likeness (QED) is 0.473. The molecule has 0 radical (unpaired) electrons. The highest BCUT2D eigenvalue weighted by Crippen LogP contribution is 2.34. The van der Waals surface area contributed by atoms with E-state index in [4.69, 9.17) is 38.1 Å². The molecule has 0 saturated carbocycles. The first-order valence-electron chi connectivity index (χ1n) is 3.59. The largest absolute Gasteiger partial charge is 0.296 e. The van der Waals surface area contributed by atoms with Crippen LogP contribution in [-0.2, 0) is 10.8 Å². The van der Waals surface area contributed by atoms with Crippen LogP contribution in [0, 0.1) is 10.1 Å². The fourth-order valence-corrected chi connectivity index (χ4v) is 1.78. The standard InChI is InChI=1S/C7H4Cl3NO3S/c8-5-1-2-6(11(12)13)7(9)4(5)3-14-15-10/h1-2H,3H2. The summed E-state index contributed by atoms with van der Waals surface area (Å²) >= 11 is 12.2. The molecule has 0 N–H and O–H groups in total. The van der Waals surface area contributed by atoms with Crippen LogP contribution in [0.25, 0.3) is 0 Å². The molecule has 0 fully saturated rings. The monoisotopic (exact) mass is 287 g/mol. The summed E-state index contributed by atoms with van der Waals surface area (Å²) in [6.45, 7) is 0.00745. The summed E-state index contributed by atoms with van der Waals surface area (Å²) in [5.74, 6) is 0. The second kappa shape index (κ2) is 5.77. The molecule has 0 aromatic heterocycles. The van der Waals surface area contributed by atoms with Gasteiger partial charge in [0.1, 0.15) is 16.3 Å². The van der Waals surface area contributed by atoms with E-state index in [9.17, 15) is 10.1 Å². The van der Waals surface area contributed by atoms with Gasteiger partial charge in [0.25, 0.3) is 5.69 Å². The molecular weight excluding hydrogens is 285 g/mol. The van der Waals surface area contributed by atoms with Crippen molar-refractivity contribution in [2.45, 2.75) is 6.61 Å². The van der Waals surface area contributed by atoms with Crippen molar-refractivity contribution in [3.05, 3.63) is 37.9 Å². The first-order valence-corrected chi connectivity index (χ1v) is 5.91. The van der Waals surface area contributed by atoms with Crippen LogP contribution in [-0.4, -0.2) is 4.92 Å². The fraction of sp³-hybridized carbons (Fsp3) is 0.143. The lowest BCUT2D eigenvalue weighted by Crippen LogP contribution is -1.95. The summed E-state index contributed by atoms with van der Waals surface area (Å²) in [5.41, 5.74) is 0.139. The molecule has 0 aliphatic heterocycles. The predicted molar refractivity (Wildman–Crippen MR) is 61.3 cm³/mol. The van der Waals surface area contributed by atoms with Crippen LogP contribution in [0.2, 0.25) is 10.0 Å². The summed E-state index contributed by atoms with van der Waals surface area (Å²) < 4.78 is 4.81. The SMILES string of the molecule is O=[N+]([O-])c1ccc(Cl)c(COSCl)c1Cl. The van der Waals surface area contributed by atoms with Crippen LogP contribution in [0.4, 0.5) is 5.69 Å². The molecule has 15 heavy (non-hydrogen) atoms. The second-order valence-electron chi connectivity index (χ2n) is 2.44. The molecule has 82 valence electrons. The van der Waals surface area contributed by atoms with Gasteiger partial charge in [0.2, 0.25) is 0 Å². The van der Waals surface area contributed by atoms with Crippen LogP contribution >= 0.6 is 45.1 Å². The predicted octanol–water partition coefficient (Wildman–Crippen LogP) is 4.22. The summed E-state index contributed by atoms with van der Waals surface area (Å²) in [6.07, 6.45) is 0. The minimum Gasteiger partial charge on any atom is -0.296 e. The number of nitro groups is 1. The Balaban J connectivity index is 3.12. The number of hydrogen-bond acceptors (Lipinski definition) is 4. The summed E-state index contributed by atoms with van der Waals surface area (Å²) in [4.78, 5) is 9.98. The molecule has 1 aromatic carbocycles. The minimum atomic E-state index is -0.587. The van der Waals surface area contributed by atoms with E-state index in [2.05, 4.69) is 0 Å². The summed E-state index contributed by atoms with van der Waals surface area (Å²) in [6, 6.07) is 2.63. The van der Waals surface area contributed by atoms with E-state index < -0.39 is 4.92 Å². The lowest BCUT2D eigenvalue weighted by molar-refractivity contribution is -0.384. The van der Waals surface area contributed by atoms with Crippen LogP contribution in [0.5, 0.6) is 0 Å². The van der Waals surface area contributed by atoms with Gasteiger partial charge in [0, 0.05) is 16.7 Å². The molecule has 0 unspecified atom stereocenters. The van der Waals surface area contributed by atoms with Gasteiger partial charge in [-0.3, -0.25) is 14.3 Å². The zero-order valence-corrected chi connectivity index (χ0v) is 10.2. The molecule has 8 heteroatoms. The van der Waals surface area contributed by atoms with Crippen molar-refractivity contribution in [1.29, 1.82) is 0 Å². The molecule has 0 bridgehead atoms. The van der Waals surface area contributed by atoms with E-state index in [1.807, 2.05) is 0 Å². The molecule has 0 atom stereocenters. The highest BCUT2D eigenvalue weighted by Gasteiger charge is 2.18. The van der Waals surface area contributed by atoms with Crippen molar-refractivity contribution in [3.63, 3.8) is 0 Å². The van der Waals surface area contributed by atoms with Gasteiger partial charge in [-0.1, -0.05) is 23.2 Å². The maximum atomic E-state index is 10.6. The second-order valence-corrected chi connectivity index (χ2v) is 3.97. The van der Waals surface area contributed by atoms with Gasteiger partial charge in [0.15, 0.2) is 0 Å². The molecule has 0 saturated heterocycles. The zero-order valence-electron chi connectivity index (χ0n) is 7.08. The average Bonchev–Trinajstić information content (AvgIpc) is 2.17. The Morgan fingerprint density at radius 3 is 2.67 bits per heavy atom. The summed E-state index contributed by atoms with van der Waals surface area (Å²) in [7, 11) is 5.23. The van der Waals surface area contributed by atoms with E-state index in [0.29, 0.717) is 21.8 Å². The van der Waals surface area contributed by atoms with E-state index in [0.717, 1.165) is 0 Å². The molecular formula is C7H4Cl3NO3S. The Bertz CT molecular complexity index is 388. The van der Waals surface area contributed by atoms with Crippen LogP contribution in [0.1, 0.15) is 5.56 Å². The molecule has 0 amide bonds. The lowest BCUT2D eigenvalue weighted by Gasteiger charge is -2.05. The Morgan fingerprint density at radius 2 is 2.13 bits per heavy atom. The molecule has 0 aliphatic rings. The smallest absolute Gasteiger partial charge is 0.288 e. The van der Waals surface area contributed by atoms with Gasteiger partial charge >= 0.3 is 0 Å². The summed E-state index contributed by atoms with van der Waals surface area (Å²) in [5, 5.41) is 10.8. The maximum absolute atomic E-state index is 10.6. The first kappa shape index (κ1) is 12.9. The number of benzene rings is 1. The molecule has 4 nitrogen and oxygen atoms in total. The number of nitrogens with zero attached hydrogens (tertiary/aromatic N) is 1. The number of rotatable bonds is 4. The van der Waals surface area contributed by atoms with E-state index in [1.54, 1.807) is 0 Å².